The first-order valence-corrected chi connectivity index (χ1v) is 8.27. The molecule has 8 heteroatoms. The molecule has 0 radical (unpaired) electrons. The zero-order valence-corrected chi connectivity index (χ0v) is 14.5. The third kappa shape index (κ3) is 2.69. The Hall–Kier alpha value is -3.29. The number of carbonyl (C=O) groups excluding carboxylic acids is 1. The predicted octanol–water partition coefficient (Wildman–Crippen LogP) is 1.87. The molecular formula is C18H18N6O2. The molecule has 0 spiro atoms. The van der Waals surface area contributed by atoms with Crippen LogP contribution in [0.1, 0.15) is 39.9 Å². The number of ketones is 1. The van der Waals surface area contributed by atoms with Gasteiger partial charge in [0.05, 0.1) is 24.1 Å². The minimum Gasteiger partial charge on any atom is -0.481 e. The van der Waals surface area contributed by atoms with Crippen molar-refractivity contribution in [3.8, 4) is 11.7 Å². The lowest BCUT2D eigenvalue weighted by Crippen LogP contribution is -2.24. The maximum Gasteiger partial charge on any atom is 0.220 e. The van der Waals surface area contributed by atoms with Crippen molar-refractivity contribution in [1.29, 1.82) is 0 Å². The van der Waals surface area contributed by atoms with Crippen molar-refractivity contribution in [2.24, 2.45) is 0 Å². The molecule has 8 nitrogen and oxygen atoms in total. The Bertz CT molecular complexity index is 997. The minimum atomic E-state index is -0.105. The topological polar surface area (TPSA) is 109 Å². The summed E-state index contributed by atoms with van der Waals surface area (Å²) in [6.45, 7) is 1.79. The maximum absolute atomic E-state index is 12.7. The van der Waals surface area contributed by atoms with Crippen molar-refractivity contribution in [1.82, 2.24) is 24.5 Å². The molecule has 0 aromatic carbocycles. The van der Waals surface area contributed by atoms with Gasteiger partial charge >= 0.3 is 0 Å². The Morgan fingerprint density at radius 2 is 2.08 bits per heavy atom. The van der Waals surface area contributed by atoms with Crippen LogP contribution in [0.15, 0.2) is 30.6 Å². The second-order valence-electron chi connectivity index (χ2n) is 6.21. The zero-order valence-electron chi connectivity index (χ0n) is 14.5. The lowest BCUT2D eigenvalue weighted by Gasteiger charge is -2.24. The SMILES string of the molecule is COc1cccc(-n2ccnc2C2CC(=O)c3c(C)nc(N)nc3C2)n1. The van der Waals surface area contributed by atoms with Gasteiger partial charge in [-0.25, -0.2) is 15.0 Å². The molecule has 0 fully saturated rings. The highest BCUT2D eigenvalue weighted by Crippen LogP contribution is 2.33. The van der Waals surface area contributed by atoms with E-state index >= 15 is 0 Å². The van der Waals surface area contributed by atoms with Crippen LogP contribution in [0.4, 0.5) is 5.95 Å². The molecule has 0 saturated heterocycles. The van der Waals surface area contributed by atoms with Gasteiger partial charge in [-0.05, 0) is 13.0 Å². The molecule has 3 heterocycles. The molecule has 0 aliphatic heterocycles. The maximum atomic E-state index is 12.7. The quantitative estimate of drug-likeness (QED) is 0.768. The number of fused-ring (bicyclic) bond motifs is 1. The molecule has 1 unspecified atom stereocenters. The average Bonchev–Trinajstić information content (AvgIpc) is 3.10. The number of methoxy groups -OCH3 is 1. The molecule has 4 rings (SSSR count). The van der Waals surface area contributed by atoms with Gasteiger partial charge in [-0.1, -0.05) is 6.07 Å². The van der Waals surface area contributed by atoms with Crippen LogP contribution in [-0.2, 0) is 6.42 Å². The molecule has 3 aromatic rings. The van der Waals surface area contributed by atoms with Gasteiger partial charge in [0, 0.05) is 37.2 Å². The third-order valence-corrected chi connectivity index (χ3v) is 4.53. The fraction of sp³-hybridized carbons (Fsp3) is 0.278. The van der Waals surface area contributed by atoms with E-state index in [1.807, 2.05) is 22.9 Å². The number of nitrogens with two attached hydrogens (primary N) is 1. The standard InChI is InChI=1S/C18H18N6O2/c1-10-16-12(22-18(19)21-10)8-11(9-13(16)25)17-20-6-7-24(17)14-4-3-5-15(23-14)26-2/h3-7,11H,8-9H2,1-2H3,(H2,19,21,22). The molecule has 1 aliphatic rings. The molecular weight excluding hydrogens is 332 g/mol. The second kappa shape index (κ2) is 6.21. The third-order valence-electron chi connectivity index (χ3n) is 4.53. The summed E-state index contributed by atoms with van der Waals surface area (Å²) in [6.07, 6.45) is 4.46. The van der Waals surface area contributed by atoms with E-state index in [1.54, 1.807) is 26.3 Å². The van der Waals surface area contributed by atoms with Crippen molar-refractivity contribution < 1.29 is 9.53 Å². The normalized spacial score (nSPS) is 16.4. The number of Topliss-reactive ketones (excluding diaryl/α,β-unsaturated/α-hetero) is 1. The number of ether oxygens (including phenoxy) is 1. The number of carbonyl (C=O) groups is 1. The number of nitrogens with zero attached hydrogens (tertiary/aromatic N) is 5. The Morgan fingerprint density at radius 1 is 1.23 bits per heavy atom. The molecule has 1 aliphatic carbocycles. The molecule has 26 heavy (non-hydrogen) atoms. The van der Waals surface area contributed by atoms with Crippen LogP contribution in [0.5, 0.6) is 5.88 Å². The van der Waals surface area contributed by atoms with Crippen molar-refractivity contribution >= 4 is 11.7 Å². The number of hydrogen-bond donors (Lipinski definition) is 1. The number of nitrogen functional groups attached to an aromatic ring is 1. The van der Waals surface area contributed by atoms with Crippen molar-refractivity contribution in [3.63, 3.8) is 0 Å². The highest BCUT2D eigenvalue weighted by atomic mass is 16.5. The van der Waals surface area contributed by atoms with Gasteiger partial charge < -0.3 is 10.5 Å². The Morgan fingerprint density at radius 3 is 2.88 bits per heavy atom. The molecule has 0 bridgehead atoms. The Labute approximate surface area is 150 Å². The lowest BCUT2D eigenvalue weighted by molar-refractivity contribution is 0.0960. The Kier molecular flexibility index (Phi) is 3.87. The van der Waals surface area contributed by atoms with Gasteiger partial charge in [0.1, 0.15) is 11.6 Å². The summed E-state index contributed by atoms with van der Waals surface area (Å²) in [5.41, 5.74) is 7.68. The number of aromatic nitrogens is 5. The summed E-state index contributed by atoms with van der Waals surface area (Å²) in [6, 6.07) is 5.52. The van der Waals surface area contributed by atoms with Crippen LogP contribution in [0.3, 0.4) is 0 Å². The van der Waals surface area contributed by atoms with E-state index in [2.05, 4.69) is 19.9 Å². The number of aryl methyl sites for hydroxylation is 1. The summed E-state index contributed by atoms with van der Waals surface area (Å²) in [5, 5.41) is 0. The van der Waals surface area contributed by atoms with E-state index in [1.165, 1.54) is 0 Å². The molecule has 132 valence electrons. The zero-order chi connectivity index (χ0) is 18.3. The molecule has 1 atom stereocenters. The molecule has 0 amide bonds. The van der Waals surface area contributed by atoms with Crippen LogP contribution in [0.25, 0.3) is 5.82 Å². The number of anilines is 1. The summed E-state index contributed by atoms with van der Waals surface area (Å²) < 4.78 is 7.08. The number of imidazole rings is 1. The number of rotatable bonds is 3. The van der Waals surface area contributed by atoms with Gasteiger partial charge in [-0.3, -0.25) is 9.36 Å². The van der Waals surface area contributed by atoms with Gasteiger partial charge in [-0.2, -0.15) is 4.98 Å². The molecule has 3 aromatic heterocycles. The highest BCUT2D eigenvalue weighted by molar-refractivity contribution is 5.99. The van der Waals surface area contributed by atoms with Crippen LogP contribution in [0, 0.1) is 6.92 Å². The summed E-state index contributed by atoms with van der Waals surface area (Å²) in [7, 11) is 1.57. The van der Waals surface area contributed by atoms with Crippen LogP contribution >= 0.6 is 0 Å². The van der Waals surface area contributed by atoms with Crippen molar-refractivity contribution in [3.05, 3.63) is 53.4 Å². The highest BCUT2D eigenvalue weighted by Gasteiger charge is 2.32. The smallest absolute Gasteiger partial charge is 0.220 e. The van der Waals surface area contributed by atoms with E-state index in [-0.39, 0.29) is 17.6 Å². The van der Waals surface area contributed by atoms with E-state index in [0.29, 0.717) is 41.5 Å². The largest absolute Gasteiger partial charge is 0.481 e. The monoisotopic (exact) mass is 350 g/mol. The summed E-state index contributed by atoms with van der Waals surface area (Å²) in [4.78, 5) is 30.0. The van der Waals surface area contributed by atoms with E-state index < -0.39 is 0 Å². The van der Waals surface area contributed by atoms with Crippen molar-refractivity contribution in [2.45, 2.75) is 25.7 Å². The van der Waals surface area contributed by atoms with Gasteiger partial charge in [0.2, 0.25) is 11.8 Å². The first kappa shape index (κ1) is 16.2. The Balaban J connectivity index is 1.74. The second-order valence-corrected chi connectivity index (χ2v) is 6.21. The van der Waals surface area contributed by atoms with Crippen LogP contribution in [0.2, 0.25) is 0 Å². The summed E-state index contributed by atoms with van der Waals surface area (Å²) >= 11 is 0. The lowest BCUT2D eigenvalue weighted by atomic mass is 9.84. The van der Waals surface area contributed by atoms with E-state index in [9.17, 15) is 4.79 Å². The van der Waals surface area contributed by atoms with Gasteiger partial charge in [0.15, 0.2) is 5.78 Å². The van der Waals surface area contributed by atoms with Gasteiger partial charge in [-0.15, -0.1) is 0 Å². The predicted molar refractivity (Wildman–Crippen MR) is 94.5 cm³/mol. The first-order valence-electron chi connectivity index (χ1n) is 8.27. The fourth-order valence-electron chi connectivity index (χ4n) is 3.44. The molecule has 0 saturated carbocycles. The van der Waals surface area contributed by atoms with E-state index in [4.69, 9.17) is 10.5 Å². The number of pyridine rings is 1. The number of hydrogen-bond acceptors (Lipinski definition) is 7. The van der Waals surface area contributed by atoms with Crippen LogP contribution < -0.4 is 10.5 Å². The summed E-state index contributed by atoms with van der Waals surface area (Å²) in [5.74, 6) is 2.07. The first-order chi connectivity index (χ1) is 12.6. The van der Waals surface area contributed by atoms with Crippen molar-refractivity contribution in [2.75, 3.05) is 12.8 Å². The fourth-order valence-corrected chi connectivity index (χ4v) is 3.44. The van der Waals surface area contributed by atoms with E-state index in [0.717, 1.165) is 5.82 Å². The van der Waals surface area contributed by atoms with Gasteiger partial charge in [0.25, 0.3) is 0 Å². The van der Waals surface area contributed by atoms with Crippen LogP contribution in [-0.4, -0.2) is 37.4 Å². The average molecular weight is 350 g/mol. The molecule has 2 N–H and O–H groups in total. The minimum absolute atomic E-state index is 0.0156.